The van der Waals surface area contributed by atoms with Gasteiger partial charge in [0.15, 0.2) is 10.8 Å². The molecule has 1 saturated carbocycles. The van der Waals surface area contributed by atoms with E-state index in [1.807, 2.05) is 22.1 Å². The van der Waals surface area contributed by atoms with Gasteiger partial charge in [-0.3, -0.25) is 14.7 Å². The maximum atomic E-state index is 14.6. The van der Waals surface area contributed by atoms with E-state index < -0.39 is 17.8 Å². The number of piperidine rings is 1. The largest absolute Gasteiger partial charge is 0.463 e. The maximum absolute atomic E-state index is 14.6. The van der Waals surface area contributed by atoms with Gasteiger partial charge in [0, 0.05) is 81.0 Å². The summed E-state index contributed by atoms with van der Waals surface area (Å²) in [5.74, 6) is -0.743. The number of aromatic nitrogens is 1. The van der Waals surface area contributed by atoms with Crippen molar-refractivity contribution in [3.05, 3.63) is 62.5 Å². The van der Waals surface area contributed by atoms with Crippen LogP contribution in [0.4, 0.5) is 9.18 Å². The molecular weight excluding hydrogens is 635 g/mol. The Bertz CT molecular complexity index is 1520. The van der Waals surface area contributed by atoms with Crippen LogP contribution in [-0.2, 0) is 19.1 Å². The first-order valence-electron chi connectivity index (χ1n) is 15.8. The number of esters is 2. The highest BCUT2D eigenvalue weighted by molar-refractivity contribution is 7.11. The number of likely N-dealkylation sites (tertiary alicyclic amines) is 1. The Morgan fingerprint density at radius 1 is 1.13 bits per heavy atom. The highest BCUT2D eigenvalue weighted by atomic mass is 35.5. The first-order valence-corrected chi connectivity index (χ1v) is 17.1. The summed E-state index contributed by atoms with van der Waals surface area (Å²) < 4.78 is 25.7. The lowest BCUT2D eigenvalue weighted by molar-refractivity contribution is -0.152. The van der Waals surface area contributed by atoms with Crippen molar-refractivity contribution < 1.29 is 28.2 Å². The molecule has 2 amide bonds. The second-order valence-electron chi connectivity index (χ2n) is 12.1. The normalized spacial score (nSPS) is 22.7. The molecule has 246 valence electrons. The quantitative estimate of drug-likeness (QED) is 0.411. The fourth-order valence-electron chi connectivity index (χ4n) is 6.19. The van der Waals surface area contributed by atoms with Crippen molar-refractivity contribution in [2.24, 2.45) is 10.9 Å². The van der Waals surface area contributed by atoms with Crippen molar-refractivity contribution in [3.63, 3.8) is 0 Å². The van der Waals surface area contributed by atoms with Gasteiger partial charge in [0.05, 0.1) is 23.1 Å². The summed E-state index contributed by atoms with van der Waals surface area (Å²) in [6.07, 6.45) is 4.67. The van der Waals surface area contributed by atoms with Crippen molar-refractivity contribution in [3.8, 4) is 0 Å². The molecular formula is C32H38ClFN6O5S. The Hall–Kier alpha value is -3.55. The minimum absolute atomic E-state index is 0.0136. The topological polar surface area (TPSA) is 117 Å². The minimum atomic E-state index is -0.913. The number of aliphatic imine (C=N–C) groups is 1. The first-order chi connectivity index (χ1) is 22.2. The average Bonchev–Trinajstić information content (AvgIpc) is 3.76. The number of carbonyl (C=O) groups is 3. The highest BCUT2D eigenvalue weighted by Crippen LogP contribution is 2.38. The van der Waals surface area contributed by atoms with E-state index in [0.717, 1.165) is 12.8 Å². The number of nitrogens with zero attached hydrogens (tertiary/aromatic N) is 5. The molecule has 0 bridgehead atoms. The standard InChI is InChI=1S/C32H38ClFN6O5S/c1-3-44-31(42)25-24(36-28(29-35-11-16-46-29)37-27(25)22-5-4-6-23(34)26(22)33)18-38-14-15-40(19(2)17-38)32(43)39-12-9-21(10-13-39)45-30(41)20-7-8-20/h4-6,11,16,19-21,27H,3,7-10,12-15,17-18H2,1-2H3,(H,36,37)/t19-,27+/m1/s1. The van der Waals surface area contributed by atoms with Gasteiger partial charge < -0.3 is 24.6 Å². The van der Waals surface area contributed by atoms with Crippen LogP contribution in [0, 0.1) is 11.7 Å². The fraction of sp³-hybridized carbons (Fsp3) is 0.531. The van der Waals surface area contributed by atoms with Crippen LogP contribution in [0.2, 0.25) is 5.02 Å². The number of halogens is 2. The number of benzene rings is 1. The van der Waals surface area contributed by atoms with Crippen molar-refractivity contribution >= 4 is 46.7 Å². The molecule has 1 N–H and O–H groups in total. The Morgan fingerprint density at radius 3 is 2.59 bits per heavy atom. The third kappa shape index (κ3) is 7.06. The molecule has 3 aliphatic heterocycles. The number of nitrogens with one attached hydrogen (secondary N) is 1. The van der Waals surface area contributed by atoms with Gasteiger partial charge in [0.2, 0.25) is 0 Å². The third-order valence-electron chi connectivity index (χ3n) is 8.78. The molecule has 1 aromatic carbocycles. The van der Waals surface area contributed by atoms with E-state index in [9.17, 15) is 18.8 Å². The van der Waals surface area contributed by atoms with Crippen LogP contribution in [0.15, 0.2) is 46.0 Å². The smallest absolute Gasteiger partial charge is 0.338 e. The maximum Gasteiger partial charge on any atom is 0.338 e. The second-order valence-corrected chi connectivity index (χ2v) is 13.3. The van der Waals surface area contributed by atoms with Crippen LogP contribution in [0.25, 0.3) is 0 Å². The average molecular weight is 673 g/mol. The van der Waals surface area contributed by atoms with Crippen molar-refractivity contribution in [2.75, 3.05) is 45.9 Å². The predicted octanol–water partition coefficient (Wildman–Crippen LogP) is 4.39. The number of rotatable bonds is 8. The van der Waals surface area contributed by atoms with Crippen LogP contribution >= 0.6 is 22.9 Å². The van der Waals surface area contributed by atoms with Crippen molar-refractivity contribution in [2.45, 2.75) is 57.7 Å². The monoisotopic (exact) mass is 672 g/mol. The Labute approximate surface area is 276 Å². The van der Waals surface area contributed by atoms with Gasteiger partial charge in [-0.25, -0.2) is 19.0 Å². The Balaban J connectivity index is 1.17. The summed E-state index contributed by atoms with van der Waals surface area (Å²) in [5.41, 5.74) is 1.18. The van der Waals surface area contributed by atoms with E-state index >= 15 is 0 Å². The number of urea groups is 1. The first kappa shape index (κ1) is 32.4. The van der Waals surface area contributed by atoms with E-state index in [4.69, 9.17) is 26.1 Å². The Morgan fingerprint density at radius 2 is 1.91 bits per heavy atom. The molecule has 14 heteroatoms. The molecule has 2 saturated heterocycles. The van der Waals surface area contributed by atoms with Gasteiger partial charge in [-0.1, -0.05) is 23.7 Å². The third-order valence-corrected chi connectivity index (χ3v) is 9.96. The molecule has 0 radical (unpaired) electrons. The summed E-state index contributed by atoms with van der Waals surface area (Å²) in [6, 6.07) is 3.45. The molecule has 46 heavy (non-hydrogen) atoms. The summed E-state index contributed by atoms with van der Waals surface area (Å²) >= 11 is 7.82. The number of amides is 2. The fourth-order valence-corrected chi connectivity index (χ4v) is 7.00. The van der Waals surface area contributed by atoms with Gasteiger partial charge in [-0.15, -0.1) is 11.3 Å². The zero-order valence-electron chi connectivity index (χ0n) is 25.9. The summed E-state index contributed by atoms with van der Waals surface area (Å²) in [5, 5.41) is 5.67. The number of amidine groups is 1. The van der Waals surface area contributed by atoms with Gasteiger partial charge in [0.1, 0.15) is 18.0 Å². The Kier molecular flexibility index (Phi) is 9.90. The highest BCUT2D eigenvalue weighted by Gasteiger charge is 2.38. The number of ether oxygens (including phenoxy) is 2. The lowest BCUT2D eigenvalue weighted by atomic mass is 9.95. The molecule has 2 atom stereocenters. The molecule has 0 spiro atoms. The molecule has 11 nitrogen and oxygen atoms in total. The zero-order chi connectivity index (χ0) is 32.4. The molecule has 1 aliphatic carbocycles. The minimum Gasteiger partial charge on any atom is -0.463 e. The van der Waals surface area contributed by atoms with Gasteiger partial charge in [-0.2, -0.15) is 0 Å². The molecule has 4 heterocycles. The van der Waals surface area contributed by atoms with Crippen molar-refractivity contribution in [1.29, 1.82) is 0 Å². The van der Waals surface area contributed by atoms with E-state index in [-0.39, 0.29) is 47.3 Å². The molecule has 4 aliphatic rings. The second kappa shape index (κ2) is 14.1. The molecule has 2 aromatic rings. The molecule has 3 fully saturated rings. The molecule has 6 rings (SSSR count). The lowest BCUT2D eigenvalue weighted by Gasteiger charge is -2.43. The number of carbonyl (C=O) groups excluding carboxylic acids is 3. The lowest BCUT2D eigenvalue weighted by Crippen LogP contribution is -2.59. The van der Waals surface area contributed by atoms with E-state index in [0.29, 0.717) is 74.2 Å². The van der Waals surface area contributed by atoms with Gasteiger partial charge in [-0.05, 0) is 32.8 Å². The summed E-state index contributed by atoms with van der Waals surface area (Å²) in [6.45, 7) is 6.98. The van der Waals surface area contributed by atoms with E-state index in [1.54, 1.807) is 25.3 Å². The van der Waals surface area contributed by atoms with Crippen LogP contribution in [0.3, 0.4) is 0 Å². The number of thiazole rings is 1. The SMILES string of the molecule is CCOC(=O)C1=C(CN2CCN(C(=O)N3CCC(OC(=O)C4CC4)CC3)[C@H](C)C2)NC(c2nccs2)=N[C@H]1c1cccc(F)c1Cl. The number of hydrogen-bond donors (Lipinski definition) is 1. The van der Waals surface area contributed by atoms with Crippen molar-refractivity contribution in [1.82, 2.24) is 25.0 Å². The van der Waals surface area contributed by atoms with E-state index in [1.165, 1.54) is 17.4 Å². The number of piperazine rings is 1. The van der Waals surface area contributed by atoms with Gasteiger partial charge in [0.25, 0.3) is 0 Å². The summed E-state index contributed by atoms with van der Waals surface area (Å²) in [4.78, 5) is 54.2. The zero-order valence-corrected chi connectivity index (χ0v) is 27.5. The van der Waals surface area contributed by atoms with Crippen LogP contribution < -0.4 is 5.32 Å². The van der Waals surface area contributed by atoms with Crippen LogP contribution in [-0.4, -0.2) is 102 Å². The van der Waals surface area contributed by atoms with Gasteiger partial charge >= 0.3 is 18.0 Å². The molecule has 1 aromatic heterocycles. The van der Waals surface area contributed by atoms with E-state index in [2.05, 4.69) is 15.2 Å². The molecule has 0 unspecified atom stereocenters. The summed E-state index contributed by atoms with van der Waals surface area (Å²) in [7, 11) is 0. The predicted molar refractivity (Wildman–Crippen MR) is 171 cm³/mol. The van der Waals surface area contributed by atoms with Crippen LogP contribution in [0.5, 0.6) is 0 Å². The van der Waals surface area contributed by atoms with Crippen LogP contribution in [0.1, 0.15) is 56.1 Å². The number of hydrogen-bond acceptors (Lipinski definition) is 10.